The molecule has 1 aromatic rings. The summed E-state index contributed by atoms with van der Waals surface area (Å²) in [4.78, 5) is 2.52. The molecule has 1 aliphatic heterocycles. The maximum absolute atomic E-state index is 6.25. The molecule has 2 rings (SSSR count). The third-order valence-electron chi connectivity index (χ3n) is 4.36. The Morgan fingerprint density at radius 1 is 1.21 bits per heavy atom. The van der Waals surface area contributed by atoms with E-state index in [-0.39, 0.29) is 10.8 Å². The minimum atomic E-state index is 0.181. The minimum absolute atomic E-state index is 0.181. The van der Waals surface area contributed by atoms with Crippen molar-refractivity contribution in [3.63, 3.8) is 0 Å². The van der Waals surface area contributed by atoms with Gasteiger partial charge >= 0.3 is 0 Å². The maximum Gasteiger partial charge on any atom is 0.0404 e. The molecular weight excluding hydrogens is 232 g/mol. The highest BCUT2D eigenvalue weighted by molar-refractivity contribution is 5.57. The molecule has 0 spiro atoms. The predicted octanol–water partition coefficient (Wildman–Crippen LogP) is 3.55. The van der Waals surface area contributed by atoms with Gasteiger partial charge in [0.15, 0.2) is 0 Å². The average molecular weight is 260 g/mol. The van der Waals surface area contributed by atoms with Gasteiger partial charge in [0.05, 0.1) is 0 Å². The second kappa shape index (κ2) is 4.82. The third-order valence-corrected chi connectivity index (χ3v) is 4.36. The maximum atomic E-state index is 6.25. The van der Waals surface area contributed by atoms with Gasteiger partial charge in [0.2, 0.25) is 0 Å². The van der Waals surface area contributed by atoms with E-state index in [0.717, 1.165) is 19.5 Å². The summed E-state index contributed by atoms with van der Waals surface area (Å²) in [6.07, 6.45) is 1.07. The molecule has 1 aliphatic rings. The molecule has 1 unspecified atom stereocenters. The second-order valence-corrected chi connectivity index (χ2v) is 7.57. The zero-order valence-electron chi connectivity index (χ0n) is 13.0. The monoisotopic (exact) mass is 260 g/mol. The standard InChI is InChI=1S/C17H28N2/c1-16(2,3)13-8-6-7-9-14(13)19-11-10-15(18)17(4,5)12-19/h6-9,15H,10-12,18H2,1-5H3. The van der Waals surface area contributed by atoms with Crippen molar-refractivity contribution in [2.75, 3.05) is 18.0 Å². The molecule has 2 nitrogen and oxygen atoms in total. The van der Waals surface area contributed by atoms with Gasteiger partial charge in [-0.1, -0.05) is 52.8 Å². The summed E-state index contributed by atoms with van der Waals surface area (Å²) in [7, 11) is 0. The van der Waals surface area contributed by atoms with Gasteiger partial charge in [0.1, 0.15) is 0 Å². The first-order valence-corrected chi connectivity index (χ1v) is 7.32. The van der Waals surface area contributed by atoms with Crippen molar-refractivity contribution in [3.8, 4) is 0 Å². The third kappa shape index (κ3) is 2.94. The highest BCUT2D eigenvalue weighted by Gasteiger charge is 2.34. The Labute approximate surface area is 118 Å². The van der Waals surface area contributed by atoms with Crippen LogP contribution in [0.5, 0.6) is 0 Å². The highest BCUT2D eigenvalue weighted by Crippen LogP contribution is 2.36. The lowest BCUT2D eigenvalue weighted by atomic mass is 9.78. The number of para-hydroxylation sites is 1. The fraction of sp³-hybridized carbons (Fsp3) is 0.647. The molecule has 0 aromatic heterocycles. The number of nitrogens with two attached hydrogens (primary N) is 1. The summed E-state index contributed by atoms with van der Waals surface area (Å²) in [5.74, 6) is 0. The summed E-state index contributed by atoms with van der Waals surface area (Å²) in [6.45, 7) is 13.5. The number of benzene rings is 1. The lowest BCUT2D eigenvalue weighted by Gasteiger charge is -2.45. The number of nitrogens with zero attached hydrogens (tertiary/aromatic N) is 1. The Bertz CT molecular complexity index is 443. The van der Waals surface area contributed by atoms with Crippen molar-refractivity contribution in [2.45, 2.75) is 52.5 Å². The minimum Gasteiger partial charge on any atom is -0.371 e. The average Bonchev–Trinajstić information content (AvgIpc) is 2.31. The van der Waals surface area contributed by atoms with Gasteiger partial charge in [-0.3, -0.25) is 0 Å². The molecule has 0 saturated carbocycles. The van der Waals surface area contributed by atoms with E-state index in [0.29, 0.717) is 6.04 Å². The number of piperidine rings is 1. The Morgan fingerprint density at radius 3 is 2.42 bits per heavy atom. The molecule has 0 radical (unpaired) electrons. The molecule has 1 aromatic carbocycles. The van der Waals surface area contributed by atoms with Crippen LogP contribution in [-0.4, -0.2) is 19.1 Å². The zero-order valence-corrected chi connectivity index (χ0v) is 13.0. The topological polar surface area (TPSA) is 29.3 Å². The zero-order chi connectivity index (χ0) is 14.3. The predicted molar refractivity (Wildman–Crippen MR) is 83.7 cm³/mol. The van der Waals surface area contributed by atoms with Crippen molar-refractivity contribution >= 4 is 5.69 Å². The van der Waals surface area contributed by atoms with Crippen LogP contribution in [-0.2, 0) is 5.41 Å². The number of hydrogen-bond donors (Lipinski definition) is 1. The summed E-state index contributed by atoms with van der Waals surface area (Å²) in [6, 6.07) is 9.12. The number of anilines is 1. The van der Waals surface area contributed by atoms with E-state index in [1.165, 1.54) is 11.3 Å². The fourth-order valence-electron chi connectivity index (χ4n) is 2.96. The van der Waals surface area contributed by atoms with Gasteiger partial charge in [-0.2, -0.15) is 0 Å². The van der Waals surface area contributed by atoms with E-state index in [9.17, 15) is 0 Å². The van der Waals surface area contributed by atoms with Crippen molar-refractivity contribution in [1.82, 2.24) is 0 Å². The van der Waals surface area contributed by atoms with E-state index >= 15 is 0 Å². The van der Waals surface area contributed by atoms with Gasteiger partial charge in [0, 0.05) is 24.8 Å². The SMILES string of the molecule is CC(C)(C)c1ccccc1N1CCC(N)C(C)(C)C1. The number of hydrogen-bond acceptors (Lipinski definition) is 2. The quantitative estimate of drug-likeness (QED) is 0.836. The Balaban J connectivity index is 2.33. The van der Waals surface area contributed by atoms with Crippen LogP contribution in [0.2, 0.25) is 0 Å². The summed E-state index contributed by atoms with van der Waals surface area (Å²) in [5.41, 5.74) is 9.43. The smallest absolute Gasteiger partial charge is 0.0404 e. The summed E-state index contributed by atoms with van der Waals surface area (Å²) >= 11 is 0. The summed E-state index contributed by atoms with van der Waals surface area (Å²) in [5, 5.41) is 0. The second-order valence-electron chi connectivity index (χ2n) is 7.57. The molecule has 2 N–H and O–H groups in total. The molecule has 2 heteroatoms. The van der Waals surface area contributed by atoms with Crippen LogP contribution in [0, 0.1) is 5.41 Å². The van der Waals surface area contributed by atoms with Gasteiger partial charge < -0.3 is 10.6 Å². The van der Waals surface area contributed by atoms with E-state index < -0.39 is 0 Å². The van der Waals surface area contributed by atoms with Crippen LogP contribution in [0.25, 0.3) is 0 Å². The van der Waals surface area contributed by atoms with Gasteiger partial charge in [-0.05, 0) is 28.9 Å². The highest BCUT2D eigenvalue weighted by atomic mass is 15.2. The van der Waals surface area contributed by atoms with Crippen molar-refractivity contribution < 1.29 is 0 Å². The van der Waals surface area contributed by atoms with E-state index in [4.69, 9.17) is 5.73 Å². The first-order chi connectivity index (χ1) is 8.72. The fourth-order valence-corrected chi connectivity index (χ4v) is 2.96. The van der Waals surface area contributed by atoms with Gasteiger partial charge in [-0.15, -0.1) is 0 Å². The van der Waals surface area contributed by atoms with Crippen LogP contribution in [0.3, 0.4) is 0 Å². The molecule has 1 fully saturated rings. The lowest BCUT2D eigenvalue weighted by Crippen LogP contribution is -2.52. The molecule has 1 heterocycles. The lowest BCUT2D eigenvalue weighted by molar-refractivity contribution is 0.244. The van der Waals surface area contributed by atoms with Crippen molar-refractivity contribution in [3.05, 3.63) is 29.8 Å². The first kappa shape index (κ1) is 14.4. The van der Waals surface area contributed by atoms with Crippen LogP contribution >= 0.6 is 0 Å². The molecule has 1 atom stereocenters. The Hall–Kier alpha value is -1.02. The summed E-state index contributed by atoms with van der Waals surface area (Å²) < 4.78 is 0. The molecule has 19 heavy (non-hydrogen) atoms. The van der Waals surface area contributed by atoms with Crippen LogP contribution in [0.15, 0.2) is 24.3 Å². The van der Waals surface area contributed by atoms with Crippen LogP contribution in [0.1, 0.15) is 46.6 Å². The van der Waals surface area contributed by atoms with Gasteiger partial charge in [0.25, 0.3) is 0 Å². The molecule has 0 aliphatic carbocycles. The van der Waals surface area contributed by atoms with E-state index in [2.05, 4.69) is 63.8 Å². The van der Waals surface area contributed by atoms with Crippen LogP contribution < -0.4 is 10.6 Å². The van der Waals surface area contributed by atoms with Crippen LogP contribution in [0.4, 0.5) is 5.69 Å². The van der Waals surface area contributed by atoms with Crippen molar-refractivity contribution in [2.24, 2.45) is 11.1 Å². The molecule has 0 bridgehead atoms. The van der Waals surface area contributed by atoms with Crippen molar-refractivity contribution in [1.29, 1.82) is 0 Å². The number of rotatable bonds is 1. The molecule has 1 saturated heterocycles. The Kier molecular flexibility index (Phi) is 3.65. The Morgan fingerprint density at radius 2 is 1.84 bits per heavy atom. The normalized spacial score (nSPS) is 23.5. The molecule has 0 amide bonds. The van der Waals surface area contributed by atoms with Gasteiger partial charge in [-0.25, -0.2) is 0 Å². The largest absolute Gasteiger partial charge is 0.371 e. The molecule has 106 valence electrons. The first-order valence-electron chi connectivity index (χ1n) is 7.32. The van der Waals surface area contributed by atoms with E-state index in [1.54, 1.807) is 0 Å². The van der Waals surface area contributed by atoms with E-state index in [1.807, 2.05) is 0 Å². The molecular formula is C17H28N2.